The molecule has 0 N–H and O–H groups in total. The monoisotopic (exact) mass is 202 g/mol. The minimum absolute atomic E-state index is 0.792. The van der Waals surface area contributed by atoms with Crippen LogP contribution in [0.1, 0.15) is 12.8 Å². The summed E-state index contributed by atoms with van der Waals surface area (Å²) in [6.45, 7) is 5.90. The van der Waals surface area contributed by atoms with Crippen molar-refractivity contribution >= 4 is 0 Å². The van der Waals surface area contributed by atoms with Crippen molar-refractivity contribution in [3.05, 3.63) is 0 Å². The lowest BCUT2D eigenvalue weighted by atomic mass is 10.4. The first kappa shape index (κ1) is 11.9. The van der Waals surface area contributed by atoms with E-state index < -0.39 is 0 Å². The number of hydrogen-bond donors (Lipinski definition) is 0. The van der Waals surface area contributed by atoms with Crippen LogP contribution in [0.3, 0.4) is 0 Å². The SMILES string of the molecule is COCCN(CCOC)N1CCCC1. The van der Waals surface area contributed by atoms with Gasteiger partial charge in [0.1, 0.15) is 0 Å². The van der Waals surface area contributed by atoms with Gasteiger partial charge >= 0.3 is 0 Å². The summed E-state index contributed by atoms with van der Waals surface area (Å²) in [7, 11) is 3.50. The molecular formula is C10H22N2O2. The van der Waals surface area contributed by atoms with Crippen molar-refractivity contribution in [1.82, 2.24) is 10.0 Å². The van der Waals surface area contributed by atoms with Gasteiger partial charge in [0.25, 0.3) is 0 Å². The van der Waals surface area contributed by atoms with Crippen LogP contribution in [-0.2, 0) is 9.47 Å². The molecule has 0 aromatic carbocycles. The Morgan fingerprint density at radius 2 is 1.50 bits per heavy atom. The summed E-state index contributed by atoms with van der Waals surface area (Å²) < 4.78 is 10.2. The van der Waals surface area contributed by atoms with Gasteiger partial charge in [0, 0.05) is 40.4 Å². The van der Waals surface area contributed by atoms with Crippen LogP contribution in [-0.4, -0.2) is 63.6 Å². The van der Waals surface area contributed by atoms with Gasteiger partial charge in [-0.25, -0.2) is 10.0 Å². The van der Waals surface area contributed by atoms with E-state index in [9.17, 15) is 0 Å². The van der Waals surface area contributed by atoms with Gasteiger partial charge < -0.3 is 9.47 Å². The zero-order chi connectivity index (χ0) is 10.2. The molecule has 0 aliphatic carbocycles. The predicted octanol–water partition coefficient (Wildman–Crippen LogP) is 0.592. The zero-order valence-corrected chi connectivity index (χ0v) is 9.37. The number of methoxy groups -OCH3 is 2. The molecule has 0 saturated carbocycles. The third-order valence-corrected chi connectivity index (χ3v) is 2.59. The normalized spacial score (nSPS) is 18.2. The molecule has 1 aliphatic rings. The van der Waals surface area contributed by atoms with Crippen LogP contribution in [0.25, 0.3) is 0 Å². The highest BCUT2D eigenvalue weighted by Gasteiger charge is 2.18. The number of ether oxygens (including phenoxy) is 2. The molecular weight excluding hydrogens is 180 g/mol. The molecule has 14 heavy (non-hydrogen) atoms. The highest BCUT2D eigenvalue weighted by atomic mass is 16.5. The van der Waals surface area contributed by atoms with E-state index in [0.29, 0.717) is 0 Å². The Bertz CT molecular complexity index is 130. The molecule has 0 spiro atoms. The summed E-state index contributed by atoms with van der Waals surface area (Å²) >= 11 is 0. The van der Waals surface area contributed by atoms with Crippen LogP contribution in [0, 0.1) is 0 Å². The Balaban J connectivity index is 2.26. The molecule has 0 unspecified atom stereocenters. The van der Waals surface area contributed by atoms with Crippen LogP contribution < -0.4 is 0 Å². The molecule has 4 heteroatoms. The fourth-order valence-corrected chi connectivity index (χ4v) is 1.77. The maximum atomic E-state index is 5.10. The molecule has 0 amide bonds. The molecule has 0 bridgehead atoms. The maximum Gasteiger partial charge on any atom is 0.0603 e. The lowest BCUT2D eigenvalue weighted by molar-refractivity contribution is -0.0350. The Labute approximate surface area is 86.7 Å². The maximum absolute atomic E-state index is 5.10. The van der Waals surface area contributed by atoms with Crippen LogP contribution >= 0.6 is 0 Å². The van der Waals surface area contributed by atoms with E-state index in [1.54, 1.807) is 14.2 Å². The van der Waals surface area contributed by atoms with E-state index in [1.807, 2.05) is 0 Å². The molecule has 1 aliphatic heterocycles. The molecule has 1 fully saturated rings. The van der Waals surface area contributed by atoms with Gasteiger partial charge in [-0.05, 0) is 12.8 Å². The largest absolute Gasteiger partial charge is 0.383 e. The van der Waals surface area contributed by atoms with Crippen molar-refractivity contribution in [1.29, 1.82) is 0 Å². The van der Waals surface area contributed by atoms with Gasteiger partial charge in [-0.1, -0.05) is 0 Å². The molecule has 1 rings (SSSR count). The Kier molecular flexibility index (Phi) is 6.10. The highest BCUT2D eigenvalue weighted by Crippen LogP contribution is 2.10. The molecule has 4 nitrogen and oxygen atoms in total. The van der Waals surface area contributed by atoms with Crippen LogP contribution in [0.2, 0.25) is 0 Å². The van der Waals surface area contributed by atoms with Gasteiger partial charge in [0.15, 0.2) is 0 Å². The Morgan fingerprint density at radius 1 is 1.00 bits per heavy atom. The molecule has 0 radical (unpaired) electrons. The molecule has 1 heterocycles. The van der Waals surface area contributed by atoms with Crippen molar-refractivity contribution < 1.29 is 9.47 Å². The number of rotatable bonds is 7. The highest BCUT2D eigenvalue weighted by molar-refractivity contribution is 4.65. The van der Waals surface area contributed by atoms with Crippen molar-refractivity contribution in [2.24, 2.45) is 0 Å². The summed E-state index contributed by atoms with van der Waals surface area (Å²) in [5, 5.41) is 4.76. The van der Waals surface area contributed by atoms with Gasteiger partial charge in [-0.15, -0.1) is 0 Å². The van der Waals surface area contributed by atoms with Crippen LogP contribution in [0.4, 0.5) is 0 Å². The second kappa shape index (κ2) is 7.17. The van der Waals surface area contributed by atoms with E-state index >= 15 is 0 Å². The van der Waals surface area contributed by atoms with Crippen LogP contribution in [0.5, 0.6) is 0 Å². The number of hydrogen-bond acceptors (Lipinski definition) is 4. The van der Waals surface area contributed by atoms with Gasteiger partial charge in [0.2, 0.25) is 0 Å². The quantitative estimate of drug-likeness (QED) is 0.603. The van der Waals surface area contributed by atoms with Crippen LogP contribution in [0.15, 0.2) is 0 Å². The molecule has 0 atom stereocenters. The average molecular weight is 202 g/mol. The first-order valence-electron chi connectivity index (χ1n) is 5.36. The minimum atomic E-state index is 0.792. The van der Waals surface area contributed by atoms with E-state index in [-0.39, 0.29) is 0 Å². The molecule has 0 aromatic heterocycles. The third-order valence-electron chi connectivity index (χ3n) is 2.59. The summed E-state index contributed by atoms with van der Waals surface area (Å²) in [5.74, 6) is 0. The first-order chi connectivity index (χ1) is 6.88. The van der Waals surface area contributed by atoms with Crippen molar-refractivity contribution in [2.75, 3.05) is 53.6 Å². The second-order valence-corrected chi connectivity index (χ2v) is 3.60. The van der Waals surface area contributed by atoms with Gasteiger partial charge in [-0.2, -0.15) is 0 Å². The fourth-order valence-electron chi connectivity index (χ4n) is 1.77. The van der Waals surface area contributed by atoms with E-state index in [1.165, 1.54) is 25.9 Å². The number of hydrazine groups is 1. The summed E-state index contributed by atoms with van der Waals surface area (Å²) in [6.07, 6.45) is 2.63. The average Bonchev–Trinajstić information content (AvgIpc) is 2.71. The van der Waals surface area contributed by atoms with Gasteiger partial charge in [0.05, 0.1) is 13.2 Å². The Hall–Kier alpha value is -0.160. The molecule has 0 aromatic rings. The first-order valence-corrected chi connectivity index (χ1v) is 5.36. The summed E-state index contributed by atoms with van der Waals surface area (Å²) in [6, 6.07) is 0. The summed E-state index contributed by atoms with van der Waals surface area (Å²) in [5.41, 5.74) is 0. The van der Waals surface area contributed by atoms with Crippen molar-refractivity contribution in [3.8, 4) is 0 Å². The molecule has 84 valence electrons. The lowest BCUT2D eigenvalue weighted by Gasteiger charge is -2.31. The third kappa shape index (κ3) is 3.92. The number of nitrogens with zero attached hydrogens (tertiary/aromatic N) is 2. The zero-order valence-electron chi connectivity index (χ0n) is 9.37. The van der Waals surface area contributed by atoms with E-state index in [0.717, 1.165) is 26.3 Å². The van der Waals surface area contributed by atoms with E-state index in [2.05, 4.69) is 10.0 Å². The van der Waals surface area contributed by atoms with Crippen molar-refractivity contribution in [3.63, 3.8) is 0 Å². The van der Waals surface area contributed by atoms with Crippen molar-refractivity contribution in [2.45, 2.75) is 12.8 Å². The second-order valence-electron chi connectivity index (χ2n) is 3.60. The standard InChI is InChI=1S/C10H22N2O2/c1-13-9-7-12(8-10-14-2)11-5-3-4-6-11/h3-10H2,1-2H3. The Morgan fingerprint density at radius 3 is 1.93 bits per heavy atom. The smallest absolute Gasteiger partial charge is 0.0603 e. The minimum Gasteiger partial charge on any atom is -0.383 e. The topological polar surface area (TPSA) is 24.9 Å². The fraction of sp³-hybridized carbons (Fsp3) is 1.00. The molecule has 1 saturated heterocycles. The van der Waals surface area contributed by atoms with E-state index in [4.69, 9.17) is 9.47 Å². The van der Waals surface area contributed by atoms with Gasteiger partial charge in [-0.3, -0.25) is 0 Å². The lowest BCUT2D eigenvalue weighted by Crippen LogP contribution is -2.44. The predicted molar refractivity (Wildman–Crippen MR) is 56.1 cm³/mol. The summed E-state index contributed by atoms with van der Waals surface area (Å²) in [4.78, 5) is 0.